The molecule has 5 nitrogen and oxygen atoms in total. The van der Waals surface area contributed by atoms with Crippen LogP contribution >= 0.6 is 0 Å². The minimum absolute atomic E-state index is 0.0499. The highest BCUT2D eigenvalue weighted by Crippen LogP contribution is 2.36. The van der Waals surface area contributed by atoms with Gasteiger partial charge >= 0.3 is 0 Å². The summed E-state index contributed by atoms with van der Waals surface area (Å²) in [7, 11) is 0. The van der Waals surface area contributed by atoms with Crippen molar-refractivity contribution in [2.45, 2.75) is 25.4 Å². The van der Waals surface area contributed by atoms with Gasteiger partial charge in [0, 0.05) is 24.5 Å². The zero-order valence-corrected chi connectivity index (χ0v) is 12.2. The smallest absolute Gasteiger partial charge is 0.225 e. The first-order chi connectivity index (χ1) is 10.8. The Balaban J connectivity index is 1.54. The summed E-state index contributed by atoms with van der Waals surface area (Å²) in [5, 5.41) is 6.05. The van der Waals surface area contributed by atoms with Gasteiger partial charge in [-0.1, -0.05) is 6.08 Å². The van der Waals surface area contributed by atoms with Crippen LogP contribution in [0.4, 0.5) is 0 Å². The van der Waals surface area contributed by atoms with Crippen LogP contribution in [0.25, 0.3) is 0 Å². The van der Waals surface area contributed by atoms with E-state index in [1.807, 2.05) is 24.3 Å². The minimum Gasteiger partial charge on any atom is -0.497 e. The average molecular weight is 298 g/mol. The number of rotatable bonds is 2. The van der Waals surface area contributed by atoms with E-state index in [1.165, 1.54) is 0 Å². The Morgan fingerprint density at radius 3 is 3.23 bits per heavy atom. The highest BCUT2D eigenvalue weighted by Gasteiger charge is 2.36. The zero-order valence-electron chi connectivity index (χ0n) is 12.2. The van der Waals surface area contributed by atoms with E-state index in [0.29, 0.717) is 31.4 Å². The number of carbonyl (C=O) groups excluding carboxylic acids is 1. The van der Waals surface area contributed by atoms with Crippen LogP contribution in [0.15, 0.2) is 59.6 Å². The number of fused-ring (bicyclic) bond motifs is 1. The molecule has 5 heteroatoms. The summed E-state index contributed by atoms with van der Waals surface area (Å²) in [4.78, 5) is 11.5. The van der Waals surface area contributed by atoms with Crippen LogP contribution in [0.5, 0.6) is 0 Å². The van der Waals surface area contributed by atoms with Gasteiger partial charge in [-0.25, -0.2) is 0 Å². The summed E-state index contributed by atoms with van der Waals surface area (Å²) in [6.07, 6.45) is 14.2. The van der Waals surface area contributed by atoms with Crippen LogP contribution in [0, 0.1) is 5.92 Å². The molecule has 2 atom stereocenters. The minimum atomic E-state index is 0.0499. The molecular weight excluding hydrogens is 280 g/mol. The lowest BCUT2D eigenvalue weighted by atomic mass is 10.0. The lowest BCUT2D eigenvalue weighted by molar-refractivity contribution is -0.120. The van der Waals surface area contributed by atoms with Gasteiger partial charge in [-0.3, -0.25) is 4.79 Å². The Morgan fingerprint density at radius 2 is 2.27 bits per heavy atom. The fourth-order valence-electron chi connectivity index (χ4n) is 2.81. The molecule has 0 aromatic carbocycles. The van der Waals surface area contributed by atoms with Crippen LogP contribution in [0.1, 0.15) is 19.3 Å². The van der Waals surface area contributed by atoms with Crippen LogP contribution in [-0.2, 0) is 14.3 Å². The molecule has 0 aromatic rings. The van der Waals surface area contributed by atoms with Crippen LogP contribution in [0.3, 0.4) is 0 Å². The van der Waals surface area contributed by atoms with Crippen molar-refractivity contribution < 1.29 is 14.3 Å². The third kappa shape index (κ3) is 2.66. The predicted octanol–water partition coefficient (Wildman–Crippen LogP) is 1.98. The van der Waals surface area contributed by atoms with Gasteiger partial charge in [-0.05, 0) is 37.1 Å². The van der Waals surface area contributed by atoms with E-state index in [2.05, 4.69) is 16.7 Å². The van der Waals surface area contributed by atoms with E-state index in [9.17, 15) is 4.79 Å². The third-order valence-corrected chi connectivity index (χ3v) is 4.14. The van der Waals surface area contributed by atoms with E-state index in [1.54, 1.807) is 6.26 Å². The maximum absolute atomic E-state index is 11.5. The van der Waals surface area contributed by atoms with Crippen LogP contribution in [0.2, 0.25) is 0 Å². The lowest BCUT2D eigenvalue weighted by Crippen LogP contribution is -2.38. The molecule has 0 spiro atoms. The number of hydrogen-bond acceptors (Lipinski definition) is 4. The third-order valence-electron chi connectivity index (χ3n) is 4.14. The maximum Gasteiger partial charge on any atom is 0.225 e. The summed E-state index contributed by atoms with van der Waals surface area (Å²) in [5.74, 6) is 2.92. The van der Waals surface area contributed by atoms with Crippen molar-refractivity contribution in [3.63, 3.8) is 0 Å². The van der Waals surface area contributed by atoms with Crippen LogP contribution < -0.4 is 10.6 Å². The molecule has 0 radical (unpaired) electrons. The Bertz CT molecular complexity index is 655. The molecule has 4 aliphatic rings. The number of hydrogen-bond donors (Lipinski definition) is 2. The molecule has 3 aliphatic heterocycles. The van der Waals surface area contributed by atoms with E-state index in [0.717, 1.165) is 29.3 Å². The fourth-order valence-corrected chi connectivity index (χ4v) is 2.81. The number of ether oxygens (including phenoxy) is 2. The summed E-state index contributed by atoms with van der Waals surface area (Å²) in [5.41, 5.74) is 1.03. The highest BCUT2D eigenvalue weighted by atomic mass is 16.5. The topological polar surface area (TPSA) is 59.6 Å². The van der Waals surface area contributed by atoms with Gasteiger partial charge in [0.15, 0.2) is 0 Å². The predicted molar refractivity (Wildman–Crippen MR) is 80.9 cm³/mol. The Morgan fingerprint density at radius 1 is 1.32 bits per heavy atom. The number of dihydropyridines is 1. The molecule has 1 fully saturated rings. The number of nitrogens with one attached hydrogen (secondary N) is 2. The van der Waals surface area contributed by atoms with Crippen molar-refractivity contribution in [2.24, 2.45) is 5.92 Å². The molecule has 2 N–H and O–H groups in total. The monoisotopic (exact) mass is 298 g/mol. The van der Waals surface area contributed by atoms with Gasteiger partial charge in [0.1, 0.15) is 23.4 Å². The average Bonchev–Trinajstić information content (AvgIpc) is 3.26. The standard InChI is InChI=1S/C17H18N2O3/c20-16-6-5-13-14(7-8-18-17(13)19-16)22-12-2-1-9-21-15-10-11(15)3-4-12/h1-4,7,9,11,15,18H,5-6,8,10H2,(H,19,20)/b4-3+,9-1+,12-2+/t11-,15+/m0/s1. The van der Waals surface area contributed by atoms with E-state index >= 15 is 0 Å². The molecule has 4 rings (SSSR count). The number of allylic oxidation sites excluding steroid dienone is 4. The van der Waals surface area contributed by atoms with Gasteiger partial charge in [-0.15, -0.1) is 0 Å². The molecule has 22 heavy (non-hydrogen) atoms. The Kier molecular flexibility index (Phi) is 3.25. The highest BCUT2D eigenvalue weighted by molar-refractivity contribution is 5.80. The Labute approximate surface area is 129 Å². The summed E-state index contributed by atoms with van der Waals surface area (Å²) in [6, 6.07) is 0. The van der Waals surface area contributed by atoms with E-state index in [4.69, 9.17) is 9.47 Å². The van der Waals surface area contributed by atoms with Crippen molar-refractivity contribution in [3.05, 3.63) is 59.6 Å². The Hall–Kier alpha value is -2.43. The first kappa shape index (κ1) is 13.2. The molecule has 1 amide bonds. The molecule has 0 saturated heterocycles. The van der Waals surface area contributed by atoms with Gasteiger partial charge in [0.25, 0.3) is 0 Å². The first-order valence-corrected chi connectivity index (χ1v) is 7.65. The van der Waals surface area contributed by atoms with Gasteiger partial charge in [0.2, 0.25) is 5.91 Å². The largest absolute Gasteiger partial charge is 0.497 e. The van der Waals surface area contributed by atoms with Crippen molar-refractivity contribution >= 4 is 5.91 Å². The summed E-state index contributed by atoms with van der Waals surface area (Å²) < 4.78 is 11.6. The summed E-state index contributed by atoms with van der Waals surface area (Å²) >= 11 is 0. The second-order valence-corrected chi connectivity index (χ2v) is 5.78. The molecule has 0 bridgehead atoms. The van der Waals surface area contributed by atoms with E-state index in [-0.39, 0.29) is 5.91 Å². The molecule has 3 heterocycles. The molecule has 1 aliphatic carbocycles. The van der Waals surface area contributed by atoms with Gasteiger partial charge in [-0.2, -0.15) is 0 Å². The molecule has 1 saturated carbocycles. The van der Waals surface area contributed by atoms with Gasteiger partial charge in [0.05, 0.1) is 6.26 Å². The number of amides is 1. The fraction of sp³-hybridized carbons (Fsp3) is 0.353. The van der Waals surface area contributed by atoms with E-state index < -0.39 is 0 Å². The quantitative estimate of drug-likeness (QED) is 0.818. The molecule has 0 aromatic heterocycles. The van der Waals surface area contributed by atoms with Crippen molar-refractivity contribution in [3.8, 4) is 0 Å². The van der Waals surface area contributed by atoms with Crippen molar-refractivity contribution in [1.29, 1.82) is 0 Å². The normalized spacial score (nSPS) is 34.6. The zero-order chi connectivity index (χ0) is 14.9. The SMILES string of the molecule is O=C1CCC2=C(NCC=C2OC2=C/C=C/O[C@@H]3C[C@@H]3\C=C\2)N1. The second kappa shape index (κ2) is 5.40. The van der Waals surface area contributed by atoms with Crippen LogP contribution in [-0.4, -0.2) is 18.6 Å². The first-order valence-electron chi connectivity index (χ1n) is 7.65. The van der Waals surface area contributed by atoms with Crippen molar-refractivity contribution in [1.82, 2.24) is 10.6 Å². The molecule has 0 unspecified atom stereocenters. The number of carbonyl (C=O) groups is 1. The second-order valence-electron chi connectivity index (χ2n) is 5.78. The summed E-state index contributed by atoms with van der Waals surface area (Å²) in [6.45, 7) is 0.648. The lowest BCUT2D eigenvalue weighted by Gasteiger charge is -2.27. The molecular formula is C17H18N2O3. The van der Waals surface area contributed by atoms with Crippen molar-refractivity contribution in [2.75, 3.05) is 6.54 Å². The maximum atomic E-state index is 11.5. The van der Waals surface area contributed by atoms with Gasteiger partial charge < -0.3 is 20.1 Å². The molecule has 114 valence electrons.